The predicted molar refractivity (Wildman–Crippen MR) is 95.3 cm³/mol. The number of aromatic nitrogens is 1. The van der Waals surface area contributed by atoms with Gasteiger partial charge in [0, 0.05) is 18.4 Å². The summed E-state index contributed by atoms with van der Waals surface area (Å²) in [5, 5.41) is 5.07. The van der Waals surface area contributed by atoms with Crippen molar-refractivity contribution in [2.24, 2.45) is 0 Å². The highest BCUT2D eigenvalue weighted by Crippen LogP contribution is 2.21. The third kappa shape index (κ3) is 3.90. The van der Waals surface area contributed by atoms with Gasteiger partial charge in [-0.2, -0.15) is 0 Å². The fraction of sp³-hybridized carbons (Fsp3) is 0.211. The first kappa shape index (κ1) is 15.6. The number of carbonyl (C=O) groups excluding carboxylic acids is 1. The topological polar surface area (TPSA) is 34.0 Å². The summed E-state index contributed by atoms with van der Waals surface area (Å²) in [7, 11) is 0. The normalized spacial score (nSPS) is 12.0. The van der Waals surface area contributed by atoms with E-state index < -0.39 is 0 Å². The maximum Gasteiger partial charge on any atom is 0.263 e. The molecule has 0 saturated carbocycles. The summed E-state index contributed by atoms with van der Waals surface area (Å²) in [6, 6.07) is 16.4. The van der Waals surface area contributed by atoms with Crippen LogP contribution < -0.4 is 5.32 Å². The Morgan fingerprint density at radius 1 is 1.13 bits per heavy atom. The first-order valence-electron chi connectivity index (χ1n) is 7.79. The number of amides is 1. The van der Waals surface area contributed by atoms with Crippen molar-refractivity contribution in [2.75, 3.05) is 0 Å². The van der Waals surface area contributed by atoms with Gasteiger partial charge in [0.1, 0.15) is 4.88 Å². The first-order chi connectivity index (χ1) is 11.2. The van der Waals surface area contributed by atoms with Gasteiger partial charge in [0.15, 0.2) is 0 Å². The molecule has 2 aromatic heterocycles. The van der Waals surface area contributed by atoms with Crippen LogP contribution in [0, 0.1) is 0 Å². The summed E-state index contributed by atoms with van der Waals surface area (Å²) in [4.78, 5) is 13.3. The van der Waals surface area contributed by atoms with E-state index in [0.717, 1.165) is 23.4 Å². The van der Waals surface area contributed by atoms with Gasteiger partial charge in [-0.25, -0.2) is 0 Å². The molecule has 0 bridgehead atoms. The molecule has 0 spiro atoms. The number of aryl methyl sites for hydroxylation is 1. The molecule has 3 nitrogen and oxygen atoms in total. The van der Waals surface area contributed by atoms with Crippen LogP contribution in [0.2, 0.25) is 0 Å². The van der Waals surface area contributed by atoms with Gasteiger partial charge in [0.2, 0.25) is 0 Å². The predicted octanol–water partition coefficient (Wildman–Crippen LogP) is 4.29. The monoisotopic (exact) mass is 324 g/mol. The number of benzene rings is 1. The Balaban J connectivity index is 1.60. The quantitative estimate of drug-likeness (QED) is 0.721. The lowest BCUT2D eigenvalue weighted by Gasteiger charge is -2.14. The Kier molecular flexibility index (Phi) is 4.93. The Hall–Kier alpha value is -2.33. The van der Waals surface area contributed by atoms with Crippen molar-refractivity contribution in [3.8, 4) is 5.69 Å². The molecule has 1 amide bonds. The van der Waals surface area contributed by atoms with Crippen molar-refractivity contribution in [2.45, 2.75) is 25.8 Å². The molecule has 0 aliphatic heterocycles. The van der Waals surface area contributed by atoms with Gasteiger partial charge >= 0.3 is 0 Å². The second kappa shape index (κ2) is 7.29. The molecule has 118 valence electrons. The van der Waals surface area contributed by atoms with E-state index in [2.05, 4.69) is 24.4 Å². The van der Waals surface area contributed by atoms with E-state index in [-0.39, 0.29) is 11.9 Å². The molecule has 0 saturated heterocycles. The maximum absolute atomic E-state index is 12.5. The standard InChI is InChI=1S/C19H20N2OS/c1-15(9-10-16-7-3-2-4-8-16)20-19(22)18-17(11-14-23-18)21-12-5-6-13-21/h2-8,11-15H,9-10H2,1H3,(H,20,22). The van der Waals surface area contributed by atoms with Crippen LogP contribution >= 0.6 is 11.3 Å². The van der Waals surface area contributed by atoms with Gasteiger partial charge in [-0.05, 0) is 48.9 Å². The molecule has 0 fully saturated rings. The maximum atomic E-state index is 12.5. The van der Waals surface area contributed by atoms with E-state index in [1.54, 1.807) is 0 Å². The minimum absolute atomic E-state index is 0.00395. The summed E-state index contributed by atoms with van der Waals surface area (Å²) in [6.45, 7) is 2.06. The number of nitrogens with one attached hydrogen (secondary N) is 1. The van der Waals surface area contributed by atoms with Crippen LogP contribution in [0.5, 0.6) is 0 Å². The average molecular weight is 324 g/mol. The zero-order chi connectivity index (χ0) is 16.1. The van der Waals surface area contributed by atoms with Gasteiger partial charge in [0.25, 0.3) is 5.91 Å². The summed E-state index contributed by atoms with van der Waals surface area (Å²) >= 11 is 1.48. The van der Waals surface area contributed by atoms with E-state index in [1.165, 1.54) is 16.9 Å². The Bertz CT molecular complexity index is 747. The zero-order valence-electron chi connectivity index (χ0n) is 13.1. The molecule has 1 atom stereocenters. The van der Waals surface area contributed by atoms with E-state index in [4.69, 9.17) is 0 Å². The number of hydrogen-bond donors (Lipinski definition) is 1. The molecule has 1 unspecified atom stereocenters. The van der Waals surface area contributed by atoms with E-state index in [9.17, 15) is 4.79 Å². The van der Waals surface area contributed by atoms with Crippen LogP contribution in [0.15, 0.2) is 66.3 Å². The third-order valence-corrected chi connectivity index (χ3v) is 4.72. The number of hydrogen-bond acceptors (Lipinski definition) is 2. The molecule has 23 heavy (non-hydrogen) atoms. The lowest BCUT2D eigenvalue weighted by atomic mass is 10.1. The van der Waals surface area contributed by atoms with Gasteiger partial charge in [-0.1, -0.05) is 30.3 Å². The number of rotatable bonds is 6. The Labute approximate surface area is 140 Å². The summed E-state index contributed by atoms with van der Waals surface area (Å²) in [5.74, 6) is 0.00395. The fourth-order valence-corrected chi connectivity index (χ4v) is 3.35. The largest absolute Gasteiger partial charge is 0.349 e. The highest BCUT2D eigenvalue weighted by molar-refractivity contribution is 7.12. The van der Waals surface area contributed by atoms with Crippen molar-refractivity contribution in [3.05, 3.63) is 76.7 Å². The van der Waals surface area contributed by atoms with Crippen molar-refractivity contribution < 1.29 is 4.79 Å². The highest BCUT2D eigenvalue weighted by atomic mass is 32.1. The van der Waals surface area contributed by atoms with Gasteiger partial charge in [-0.15, -0.1) is 11.3 Å². The third-order valence-electron chi connectivity index (χ3n) is 3.82. The van der Waals surface area contributed by atoms with Crippen LogP contribution in [0.1, 0.15) is 28.6 Å². The van der Waals surface area contributed by atoms with Crippen molar-refractivity contribution in [1.29, 1.82) is 0 Å². The minimum atomic E-state index is 0.00395. The molecule has 3 aromatic rings. The Morgan fingerprint density at radius 3 is 2.61 bits per heavy atom. The molecule has 0 aliphatic carbocycles. The summed E-state index contributed by atoms with van der Waals surface area (Å²) in [6.07, 6.45) is 5.81. The lowest BCUT2D eigenvalue weighted by molar-refractivity contribution is 0.0942. The minimum Gasteiger partial charge on any atom is -0.349 e. The zero-order valence-corrected chi connectivity index (χ0v) is 13.9. The molecule has 1 N–H and O–H groups in total. The number of nitrogens with zero attached hydrogens (tertiary/aromatic N) is 1. The van der Waals surface area contributed by atoms with Crippen molar-refractivity contribution in [1.82, 2.24) is 9.88 Å². The van der Waals surface area contributed by atoms with E-state index in [0.29, 0.717) is 0 Å². The number of carbonyl (C=O) groups is 1. The second-order valence-electron chi connectivity index (χ2n) is 5.62. The molecule has 0 radical (unpaired) electrons. The van der Waals surface area contributed by atoms with Crippen LogP contribution in [0.4, 0.5) is 0 Å². The van der Waals surface area contributed by atoms with Crippen LogP contribution in [-0.4, -0.2) is 16.5 Å². The summed E-state index contributed by atoms with van der Waals surface area (Å²) in [5.41, 5.74) is 2.24. The average Bonchev–Trinajstić information content (AvgIpc) is 3.24. The molecule has 3 rings (SSSR count). The van der Waals surface area contributed by atoms with E-state index in [1.807, 2.05) is 58.7 Å². The molecule has 4 heteroatoms. The first-order valence-corrected chi connectivity index (χ1v) is 8.67. The summed E-state index contributed by atoms with van der Waals surface area (Å²) < 4.78 is 1.97. The lowest BCUT2D eigenvalue weighted by Crippen LogP contribution is -2.32. The van der Waals surface area contributed by atoms with Crippen LogP contribution in [0.25, 0.3) is 5.69 Å². The molecule has 0 aliphatic rings. The van der Waals surface area contributed by atoms with Crippen LogP contribution in [-0.2, 0) is 6.42 Å². The van der Waals surface area contributed by atoms with Gasteiger partial charge < -0.3 is 9.88 Å². The van der Waals surface area contributed by atoms with Crippen molar-refractivity contribution >= 4 is 17.2 Å². The smallest absolute Gasteiger partial charge is 0.263 e. The fourth-order valence-electron chi connectivity index (χ4n) is 2.56. The van der Waals surface area contributed by atoms with Gasteiger partial charge in [-0.3, -0.25) is 4.79 Å². The second-order valence-corrected chi connectivity index (χ2v) is 6.54. The van der Waals surface area contributed by atoms with E-state index >= 15 is 0 Å². The highest BCUT2D eigenvalue weighted by Gasteiger charge is 2.16. The van der Waals surface area contributed by atoms with Crippen LogP contribution in [0.3, 0.4) is 0 Å². The van der Waals surface area contributed by atoms with Gasteiger partial charge in [0.05, 0.1) is 5.69 Å². The SMILES string of the molecule is CC(CCc1ccccc1)NC(=O)c1sccc1-n1cccc1. The molecular formula is C19H20N2OS. The number of thiophene rings is 1. The molecule has 2 heterocycles. The molecule has 1 aromatic carbocycles. The Morgan fingerprint density at radius 2 is 1.87 bits per heavy atom. The van der Waals surface area contributed by atoms with Crippen molar-refractivity contribution in [3.63, 3.8) is 0 Å². The molecular weight excluding hydrogens is 304 g/mol.